The van der Waals surface area contributed by atoms with E-state index < -0.39 is 0 Å². The van der Waals surface area contributed by atoms with Crippen molar-refractivity contribution < 1.29 is 0 Å². The predicted molar refractivity (Wildman–Crippen MR) is 117 cm³/mol. The first-order valence-corrected chi connectivity index (χ1v) is 10.4. The highest BCUT2D eigenvalue weighted by Gasteiger charge is 2.23. The third-order valence-electron chi connectivity index (χ3n) is 5.60. The minimum atomic E-state index is 0.830. The molecule has 0 amide bonds. The van der Waals surface area contributed by atoms with Gasteiger partial charge in [-0.1, -0.05) is 39.8 Å². The maximum absolute atomic E-state index is 5.95. The van der Waals surface area contributed by atoms with Crippen molar-refractivity contribution in [2.24, 2.45) is 0 Å². The van der Waals surface area contributed by atoms with Crippen molar-refractivity contribution in [1.29, 1.82) is 0 Å². The molecule has 0 unspecified atom stereocenters. The zero-order chi connectivity index (χ0) is 19.3. The van der Waals surface area contributed by atoms with E-state index in [1.165, 1.54) is 39.1 Å². The van der Waals surface area contributed by atoms with E-state index >= 15 is 0 Å². The van der Waals surface area contributed by atoms with E-state index in [-0.39, 0.29) is 0 Å². The number of rotatable bonds is 8. The van der Waals surface area contributed by atoms with Crippen molar-refractivity contribution in [1.82, 2.24) is 0 Å². The van der Waals surface area contributed by atoms with Gasteiger partial charge in [-0.05, 0) is 85.0 Å². The lowest BCUT2D eigenvalue weighted by molar-refractivity contribution is 0.834. The molecule has 0 aliphatic heterocycles. The van der Waals surface area contributed by atoms with Gasteiger partial charge in [0, 0.05) is 24.5 Å². The van der Waals surface area contributed by atoms with Gasteiger partial charge in [-0.25, -0.2) is 0 Å². The molecule has 2 N–H and O–H groups in total. The van der Waals surface area contributed by atoms with E-state index in [4.69, 9.17) is 5.73 Å². The number of anilines is 2. The molecule has 2 nitrogen and oxygen atoms in total. The Morgan fingerprint density at radius 1 is 0.654 bits per heavy atom. The Labute approximate surface area is 160 Å². The molecule has 0 aliphatic carbocycles. The number of nitrogen functional groups attached to an aromatic ring is 1. The van der Waals surface area contributed by atoms with E-state index in [1.807, 2.05) is 12.1 Å². The predicted octanol–water partition coefficient (Wildman–Crippen LogP) is 6.03. The van der Waals surface area contributed by atoms with Crippen molar-refractivity contribution in [3.63, 3.8) is 0 Å². The molecular formula is C24H36N2. The molecule has 0 atom stereocenters. The maximum atomic E-state index is 5.95. The summed E-state index contributed by atoms with van der Waals surface area (Å²) < 4.78 is 0. The molecule has 0 radical (unpaired) electrons. The van der Waals surface area contributed by atoms with Crippen LogP contribution in [0.2, 0.25) is 0 Å². The highest BCUT2D eigenvalue weighted by molar-refractivity contribution is 5.81. The Balaban J connectivity index is 2.94. The minimum absolute atomic E-state index is 0.830. The maximum Gasteiger partial charge on any atom is 0.0436 e. The summed E-state index contributed by atoms with van der Waals surface area (Å²) in [6.07, 6.45) is 4.28. The van der Waals surface area contributed by atoms with Crippen molar-refractivity contribution in [2.75, 3.05) is 23.7 Å². The van der Waals surface area contributed by atoms with Gasteiger partial charge < -0.3 is 10.6 Å². The second-order valence-electron chi connectivity index (χ2n) is 6.85. The van der Waals surface area contributed by atoms with Gasteiger partial charge in [0.1, 0.15) is 0 Å². The molecule has 0 heterocycles. The van der Waals surface area contributed by atoms with E-state index in [0.717, 1.165) is 44.5 Å². The van der Waals surface area contributed by atoms with Crippen LogP contribution in [0.5, 0.6) is 0 Å². The fraction of sp³-hybridized carbons (Fsp3) is 0.500. The fourth-order valence-corrected chi connectivity index (χ4v) is 4.41. The summed E-state index contributed by atoms with van der Waals surface area (Å²) in [4.78, 5) is 2.56. The van der Waals surface area contributed by atoms with Crippen LogP contribution in [0, 0.1) is 0 Å². The Bertz CT molecular complexity index is 692. The molecule has 0 spiro atoms. The van der Waals surface area contributed by atoms with E-state index in [1.54, 1.807) is 0 Å². The Morgan fingerprint density at radius 2 is 1.08 bits per heavy atom. The molecule has 2 aromatic carbocycles. The van der Waals surface area contributed by atoms with Crippen LogP contribution in [-0.2, 0) is 25.7 Å². The van der Waals surface area contributed by atoms with Gasteiger partial charge in [0.25, 0.3) is 0 Å². The molecule has 0 saturated carbocycles. The summed E-state index contributed by atoms with van der Waals surface area (Å²) in [6.45, 7) is 15.9. The number of hydrogen-bond acceptors (Lipinski definition) is 2. The van der Waals surface area contributed by atoms with E-state index in [0.29, 0.717) is 0 Å². The summed E-state index contributed by atoms with van der Waals surface area (Å²) in [7, 11) is 0. The zero-order valence-electron chi connectivity index (χ0n) is 17.6. The first-order valence-electron chi connectivity index (χ1n) is 10.4. The summed E-state index contributed by atoms with van der Waals surface area (Å²) in [5.41, 5.74) is 17.2. The third kappa shape index (κ3) is 3.60. The fourth-order valence-electron chi connectivity index (χ4n) is 4.41. The number of benzene rings is 2. The Hall–Kier alpha value is -1.96. The van der Waals surface area contributed by atoms with Crippen LogP contribution in [-0.4, -0.2) is 13.1 Å². The molecular weight excluding hydrogens is 316 g/mol. The molecule has 0 aliphatic rings. The molecule has 26 heavy (non-hydrogen) atoms. The van der Waals surface area contributed by atoms with Gasteiger partial charge in [0.2, 0.25) is 0 Å². The number of nitrogens with two attached hydrogens (primary N) is 1. The molecule has 0 saturated heterocycles. The molecule has 142 valence electrons. The second-order valence-corrected chi connectivity index (χ2v) is 6.85. The van der Waals surface area contributed by atoms with Crippen LogP contribution in [0.1, 0.15) is 63.8 Å². The van der Waals surface area contributed by atoms with Crippen molar-refractivity contribution in [2.45, 2.75) is 67.2 Å². The van der Waals surface area contributed by atoms with E-state index in [2.05, 4.69) is 58.6 Å². The van der Waals surface area contributed by atoms with Gasteiger partial charge in [0.15, 0.2) is 0 Å². The quantitative estimate of drug-likeness (QED) is 0.588. The summed E-state index contributed by atoms with van der Waals surface area (Å²) in [6, 6.07) is 8.45. The van der Waals surface area contributed by atoms with Gasteiger partial charge in [-0.15, -0.1) is 0 Å². The average Bonchev–Trinajstić information content (AvgIpc) is 2.68. The first kappa shape index (κ1) is 20.4. The monoisotopic (exact) mass is 352 g/mol. The molecule has 0 fully saturated rings. The zero-order valence-corrected chi connectivity index (χ0v) is 17.6. The first-order chi connectivity index (χ1) is 12.6. The molecule has 2 heteroatoms. The lowest BCUT2D eigenvalue weighted by atomic mass is 9.82. The van der Waals surface area contributed by atoms with Crippen LogP contribution < -0.4 is 10.6 Å². The SMILES string of the molecule is CCc1c(CC)c(N(CC)CC)c(CC)c(CC)c1-c1ccc(N)cc1. The smallest absolute Gasteiger partial charge is 0.0436 e. The Kier molecular flexibility index (Phi) is 7.14. The molecule has 2 rings (SSSR count). The highest BCUT2D eigenvalue weighted by atomic mass is 15.1. The van der Waals surface area contributed by atoms with Crippen LogP contribution in [0.25, 0.3) is 11.1 Å². The summed E-state index contributed by atoms with van der Waals surface area (Å²) >= 11 is 0. The van der Waals surface area contributed by atoms with Crippen LogP contribution in [0.15, 0.2) is 24.3 Å². The second kappa shape index (κ2) is 9.12. The van der Waals surface area contributed by atoms with Crippen LogP contribution in [0.4, 0.5) is 11.4 Å². The summed E-state index contributed by atoms with van der Waals surface area (Å²) in [5.74, 6) is 0. The number of nitrogens with zero attached hydrogens (tertiary/aromatic N) is 1. The average molecular weight is 353 g/mol. The Morgan fingerprint density at radius 3 is 1.42 bits per heavy atom. The van der Waals surface area contributed by atoms with Crippen LogP contribution in [0.3, 0.4) is 0 Å². The minimum Gasteiger partial charge on any atom is -0.399 e. The van der Waals surface area contributed by atoms with Gasteiger partial charge in [-0.2, -0.15) is 0 Å². The van der Waals surface area contributed by atoms with Crippen molar-refractivity contribution in [3.05, 3.63) is 46.5 Å². The molecule has 0 aromatic heterocycles. The van der Waals surface area contributed by atoms with Crippen molar-refractivity contribution >= 4 is 11.4 Å². The van der Waals surface area contributed by atoms with Gasteiger partial charge >= 0.3 is 0 Å². The van der Waals surface area contributed by atoms with Gasteiger partial charge in [0.05, 0.1) is 0 Å². The standard InChI is InChI=1S/C24H36N2/c1-7-19-21(9-3)24(26(11-5)12-6)22(10-4)20(8-2)23(19)17-13-15-18(25)16-14-17/h13-16H,7-12,25H2,1-6H3. The topological polar surface area (TPSA) is 29.3 Å². The van der Waals surface area contributed by atoms with Crippen LogP contribution >= 0.6 is 0 Å². The summed E-state index contributed by atoms with van der Waals surface area (Å²) in [5, 5.41) is 0. The lowest BCUT2D eigenvalue weighted by Gasteiger charge is -2.32. The molecule has 0 bridgehead atoms. The highest BCUT2D eigenvalue weighted by Crippen LogP contribution is 2.41. The van der Waals surface area contributed by atoms with Crippen molar-refractivity contribution in [3.8, 4) is 11.1 Å². The molecule has 2 aromatic rings. The normalized spacial score (nSPS) is 11.0. The number of hydrogen-bond donors (Lipinski definition) is 1. The van der Waals surface area contributed by atoms with Gasteiger partial charge in [-0.3, -0.25) is 0 Å². The largest absolute Gasteiger partial charge is 0.399 e. The van der Waals surface area contributed by atoms with E-state index in [9.17, 15) is 0 Å². The lowest BCUT2D eigenvalue weighted by Crippen LogP contribution is -2.26. The third-order valence-corrected chi connectivity index (χ3v) is 5.60.